The first-order valence-corrected chi connectivity index (χ1v) is 6.36. The topological polar surface area (TPSA) is 55.1 Å². The second-order valence-corrected chi connectivity index (χ2v) is 5.26. The Hall–Kier alpha value is -1.35. The lowest BCUT2D eigenvalue weighted by atomic mass is 9.91. The van der Waals surface area contributed by atoms with Gasteiger partial charge in [-0.15, -0.1) is 0 Å². The van der Waals surface area contributed by atoms with Crippen LogP contribution in [0.1, 0.15) is 30.9 Å². The third kappa shape index (κ3) is 2.07. The van der Waals surface area contributed by atoms with Gasteiger partial charge in [-0.1, -0.05) is 43.2 Å². The fourth-order valence-electron chi connectivity index (χ4n) is 2.71. The minimum absolute atomic E-state index is 0.00699. The summed E-state index contributed by atoms with van der Waals surface area (Å²) >= 11 is 0. The molecule has 3 N–H and O–H groups in total. The molecule has 1 heterocycles. The third-order valence-electron chi connectivity index (χ3n) is 3.93. The maximum Gasteiger partial charge on any atom is 0.225 e. The van der Waals surface area contributed by atoms with E-state index in [1.54, 1.807) is 0 Å². The van der Waals surface area contributed by atoms with Gasteiger partial charge >= 0.3 is 0 Å². The van der Waals surface area contributed by atoms with Crippen molar-refractivity contribution in [3.8, 4) is 0 Å². The molecule has 1 amide bonds. The number of nitrogens with two attached hydrogens (primary N) is 1. The molecule has 2 aliphatic rings. The van der Waals surface area contributed by atoms with Crippen LogP contribution in [0.15, 0.2) is 30.3 Å². The molecule has 3 heteroatoms. The molecule has 1 aromatic carbocycles. The number of nitrogens with one attached hydrogen (secondary N) is 1. The molecule has 17 heavy (non-hydrogen) atoms. The number of rotatable bonds is 3. The Morgan fingerprint density at radius 2 is 1.94 bits per heavy atom. The van der Waals surface area contributed by atoms with Gasteiger partial charge in [0.25, 0.3) is 0 Å². The van der Waals surface area contributed by atoms with Crippen molar-refractivity contribution in [2.45, 2.75) is 31.3 Å². The highest BCUT2D eigenvalue weighted by Gasteiger charge is 2.42. The zero-order valence-electron chi connectivity index (χ0n) is 9.80. The molecule has 1 aromatic rings. The molecule has 3 rings (SSSR count). The number of amides is 1. The van der Waals surface area contributed by atoms with E-state index in [2.05, 4.69) is 5.32 Å². The molecule has 2 fully saturated rings. The van der Waals surface area contributed by atoms with E-state index >= 15 is 0 Å². The van der Waals surface area contributed by atoms with E-state index in [0.29, 0.717) is 0 Å². The van der Waals surface area contributed by atoms with Crippen LogP contribution < -0.4 is 11.1 Å². The van der Waals surface area contributed by atoms with E-state index in [0.717, 1.165) is 17.9 Å². The lowest BCUT2D eigenvalue weighted by Gasteiger charge is -2.18. The average Bonchev–Trinajstić information content (AvgIpc) is 3.12. The Balaban J connectivity index is 1.77. The highest BCUT2D eigenvalue weighted by molar-refractivity contribution is 5.83. The molecule has 1 saturated carbocycles. The van der Waals surface area contributed by atoms with Crippen molar-refractivity contribution >= 4 is 5.91 Å². The van der Waals surface area contributed by atoms with Crippen LogP contribution in [-0.2, 0) is 4.79 Å². The monoisotopic (exact) mass is 230 g/mol. The highest BCUT2D eigenvalue weighted by atomic mass is 16.2. The first-order chi connectivity index (χ1) is 8.25. The van der Waals surface area contributed by atoms with Gasteiger partial charge in [0, 0.05) is 6.04 Å². The summed E-state index contributed by atoms with van der Waals surface area (Å²) in [6, 6.07) is 9.94. The maximum atomic E-state index is 11.9. The second-order valence-electron chi connectivity index (χ2n) is 5.26. The maximum absolute atomic E-state index is 11.9. The fourth-order valence-corrected chi connectivity index (χ4v) is 2.71. The van der Waals surface area contributed by atoms with E-state index in [1.165, 1.54) is 12.8 Å². The van der Waals surface area contributed by atoms with E-state index in [9.17, 15) is 4.79 Å². The number of carbonyl (C=O) groups is 1. The van der Waals surface area contributed by atoms with Crippen molar-refractivity contribution in [2.75, 3.05) is 0 Å². The Morgan fingerprint density at radius 3 is 2.59 bits per heavy atom. The first-order valence-electron chi connectivity index (χ1n) is 6.36. The summed E-state index contributed by atoms with van der Waals surface area (Å²) in [6.07, 6.45) is 3.51. The van der Waals surface area contributed by atoms with Gasteiger partial charge in [-0.25, -0.2) is 0 Å². The number of benzene rings is 1. The van der Waals surface area contributed by atoms with Crippen LogP contribution in [-0.4, -0.2) is 11.9 Å². The molecule has 0 bridgehead atoms. The summed E-state index contributed by atoms with van der Waals surface area (Å²) in [6.45, 7) is 0. The average molecular weight is 230 g/mol. The van der Waals surface area contributed by atoms with Gasteiger partial charge < -0.3 is 11.1 Å². The van der Waals surface area contributed by atoms with Crippen LogP contribution in [0.4, 0.5) is 0 Å². The molecule has 0 aromatic heterocycles. The normalized spacial score (nSPS) is 32.5. The van der Waals surface area contributed by atoms with E-state index < -0.39 is 0 Å². The molecular weight excluding hydrogens is 212 g/mol. The summed E-state index contributed by atoms with van der Waals surface area (Å²) < 4.78 is 0. The smallest absolute Gasteiger partial charge is 0.225 e. The van der Waals surface area contributed by atoms with Gasteiger partial charge in [0.05, 0.1) is 12.0 Å². The van der Waals surface area contributed by atoms with Gasteiger partial charge in [0.2, 0.25) is 5.91 Å². The molecule has 1 aliphatic heterocycles. The third-order valence-corrected chi connectivity index (χ3v) is 3.93. The number of hydrogen-bond donors (Lipinski definition) is 2. The van der Waals surface area contributed by atoms with E-state index in [1.807, 2.05) is 30.3 Å². The molecule has 1 aliphatic carbocycles. The second kappa shape index (κ2) is 4.15. The summed E-state index contributed by atoms with van der Waals surface area (Å²) in [5.74, 6) is 0.886. The number of carbonyl (C=O) groups excluding carboxylic acids is 1. The predicted octanol–water partition coefficient (Wildman–Crippen LogP) is 1.60. The van der Waals surface area contributed by atoms with Gasteiger partial charge in [0.1, 0.15) is 0 Å². The van der Waals surface area contributed by atoms with Gasteiger partial charge in [-0.05, 0) is 17.9 Å². The fraction of sp³-hybridized carbons (Fsp3) is 0.500. The Morgan fingerprint density at radius 1 is 1.24 bits per heavy atom. The van der Waals surface area contributed by atoms with E-state index in [4.69, 9.17) is 5.73 Å². The summed E-state index contributed by atoms with van der Waals surface area (Å²) in [5.41, 5.74) is 7.36. The van der Waals surface area contributed by atoms with Crippen molar-refractivity contribution < 1.29 is 4.79 Å². The van der Waals surface area contributed by atoms with Crippen LogP contribution in [0.2, 0.25) is 0 Å². The predicted molar refractivity (Wildman–Crippen MR) is 66.1 cm³/mol. The highest BCUT2D eigenvalue weighted by Crippen LogP contribution is 2.39. The Labute approximate surface area is 101 Å². The first kappa shape index (κ1) is 10.8. The molecule has 0 spiro atoms. The van der Waals surface area contributed by atoms with Gasteiger partial charge in [-0.2, -0.15) is 0 Å². The van der Waals surface area contributed by atoms with Crippen LogP contribution in [0.25, 0.3) is 0 Å². The molecule has 2 unspecified atom stereocenters. The zero-order chi connectivity index (χ0) is 11.8. The van der Waals surface area contributed by atoms with Gasteiger partial charge in [0.15, 0.2) is 0 Å². The zero-order valence-corrected chi connectivity index (χ0v) is 9.80. The summed E-state index contributed by atoms with van der Waals surface area (Å²) in [7, 11) is 0. The van der Waals surface area contributed by atoms with E-state index in [-0.39, 0.29) is 23.9 Å². The SMILES string of the molecule is N[C@H]1C(CC2CC2)C(=O)NC1c1ccccc1. The largest absolute Gasteiger partial charge is 0.347 e. The standard InChI is InChI=1S/C14H18N2O/c15-12-11(8-9-6-7-9)14(17)16-13(12)10-4-2-1-3-5-10/h1-5,9,11-13H,6-8,15H2,(H,16,17)/t11?,12-,13?/m0/s1. The van der Waals surface area contributed by atoms with Crippen LogP contribution in [0.5, 0.6) is 0 Å². The van der Waals surface area contributed by atoms with Gasteiger partial charge in [-0.3, -0.25) is 4.79 Å². The van der Waals surface area contributed by atoms with Crippen LogP contribution >= 0.6 is 0 Å². The van der Waals surface area contributed by atoms with Crippen molar-refractivity contribution in [1.82, 2.24) is 5.32 Å². The lowest BCUT2D eigenvalue weighted by molar-refractivity contribution is -0.123. The summed E-state index contributed by atoms with van der Waals surface area (Å²) in [4.78, 5) is 11.9. The molecule has 0 radical (unpaired) electrons. The minimum atomic E-state index is -0.0782. The molecule has 90 valence electrons. The summed E-state index contributed by atoms with van der Waals surface area (Å²) in [5, 5.41) is 3.04. The number of hydrogen-bond acceptors (Lipinski definition) is 2. The minimum Gasteiger partial charge on any atom is -0.347 e. The van der Waals surface area contributed by atoms with Crippen molar-refractivity contribution in [3.63, 3.8) is 0 Å². The molecule has 3 nitrogen and oxygen atoms in total. The molecule has 1 saturated heterocycles. The quantitative estimate of drug-likeness (QED) is 0.828. The van der Waals surface area contributed by atoms with Crippen molar-refractivity contribution in [3.05, 3.63) is 35.9 Å². The van der Waals surface area contributed by atoms with Crippen molar-refractivity contribution in [1.29, 1.82) is 0 Å². The van der Waals surface area contributed by atoms with Crippen molar-refractivity contribution in [2.24, 2.45) is 17.6 Å². The molecular formula is C14H18N2O. The Bertz CT molecular complexity index is 413. The van der Waals surface area contributed by atoms with Crippen LogP contribution in [0.3, 0.4) is 0 Å². The molecule has 3 atom stereocenters. The lowest BCUT2D eigenvalue weighted by Crippen LogP contribution is -2.32. The Kier molecular flexibility index (Phi) is 2.63. The van der Waals surface area contributed by atoms with Crippen LogP contribution in [0, 0.1) is 11.8 Å².